The van der Waals surface area contributed by atoms with E-state index >= 15 is 0 Å². The number of carbonyl (C=O) groups is 2. The lowest BCUT2D eigenvalue weighted by atomic mass is 9.97. The molecule has 0 aromatic rings. The second-order valence-corrected chi connectivity index (χ2v) is 4.34. The van der Waals surface area contributed by atoms with Crippen LogP contribution in [-0.2, 0) is 14.4 Å². The maximum Gasteiger partial charge on any atom is 0.342 e. The minimum absolute atomic E-state index is 0.316. The van der Waals surface area contributed by atoms with Gasteiger partial charge < -0.3 is 5.11 Å². The molecule has 0 spiro atoms. The first-order valence-corrected chi connectivity index (χ1v) is 6.37. The predicted molar refractivity (Wildman–Crippen MR) is 65.6 cm³/mol. The van der Waals surface area contributed by atoms with Gasteiger partial charge in [0.15, 0.2) is 5.34 Å². The van der Waals surface area contributed by atoms with Crippen LogP contribution < -0.4 is 0 Å². The number of carboxylic acids is 1. The van der Waals surface area contributed by atoms with Crippen molar-refractivity contribution in [2.75, 3.05) is 0 Å². The number of aliphatic carboxylic acids is 1. The molecule has 104 valence electrons. The van der Waals surface area contributed by atoms with E-state index in [0.29, 0.717) is 6.42 Å². The number of nitrogens with zero attached hydrogens (tertiary/aromatic N) is 1. The molecule has 0 saturated carbocycles. The first kappa shape index (κ1) is 16.5. The molecule has 1 atom stereocenters. The van der Waals surface area contributed by atoms with Crippen LogP contribution in [-0.4, -0.2) is 17.0 Å². The third-order valence-electron chi connectivity index (χ3n) is 2.79. The molecule has 1 unspecified atom stereocenters. The minimum atomic E-state index is -1.08. The fourth-order valence-corrected chi connectivity index (χ4v) is 1.80. The lowest BCUT2D eigenvalue weighted by Gasteiger charge is -2.10. The van der Waals surface area contributed by atoms with Crippen LogP contribution in [0.3, 0.4) is 0 Å². The maximum absolute atomic E-state index is 11.3. The Kier molecular flexibility index (Phi) is 9.81. The van der Waals surface area contributed by atoms with Crippen LogP contribution in [0.2, 0.25) is 0 Å². The minimum Gasteiger partial charge on any atom is -0.481 e. The number of hydrogen-bond acceptors (Lipinski definition) is 5. The summed E-state index contributed by atoms with van der Waals surface area (Å²) in [4.78, 5) is 35.6. The van der Waals surface area contributed by atoms with Gasteiger partial charge in [0, 0.05) is 0 Å². The number of rotatable bonds is 11. The van der Waals surface area contributed by atoms with Gasteiger partial charge in [0.05, 0.1) is 12.3 Å². The maximum atomic E-state index is 11.3. The van der Waals surface area contributed by atoms with Crippen molar-refractivity contribution in [2.45, 2.75) is 58.3 Å². The monoisotopic (exact) mass is 259 g/mol. The summed E-state index contributed by atoms with van der Waals surface area (Å²) in [6.07, 6.45) is 6.41. The summed E-state index contributed by atoms with van der Waals surface area (Å²) in [6.45, 7) is 2.13. The molecular formula is C12H21NO5. The third kappa shape index (κ3) is 8.66. The van der Waals surface area contributed by atoms with Crippen LogP contribution in [0.4, 0.5) is 0 Å². The lowest BCUT2D eigenvalue weighted by molar-refractivity contribution is -0.153. The molecule has 0 rings (SSSR count). The molecule has 0 aromatic heterocycles. The Morgan fingerprint density at radius 1 is 1.17 bits per heavy atom. The van der Waals surface area contributed by atoms with Crippen LogP contribution in [0.25, 0.3) is 0 Å². The molecule has 0 bridgehead atoms. The summed E-state index contributed by atoms with van der Waals surface area (Å²) in [5.41, 5.74) is 0. The average Bonchev–Trinajstić information content (AvgIpc) is 2.32. The molecule has 0 radical (unpaired) electrons. The smallest absolute Gasteiger partial charge is 0.342 e. The molecule has 0 aliphatic heterocycles. The second kappa shape index (κ2) is 10.7. The van der Waals surface area contributed by atoms with E-state index in [2.05, 4.69) is 11.8 Å². The van der Waals surface area contributed by atoms with Crippen molar-refractivity contribution >= 4 is 11.9 Å². The highest BCUT2D eigenvalue weighted by Crippen LogP contribution is 2.17. The summed E-state index contributed by atoms with van der Waals surface area (Å²) in [5.74, 6) is -2.69. The molecule has 0 amide bonds. The summed E-state index contributed by atoms with van der Waals surface area (Å²) < 4.78 is 0. The number of unbranched alkanes of at least 4 members (excludes halogenated alkanes) is 5. The summed E-state index contributed by atoms with van der Waals surface area (Å²) in [6, 6.07) is 0. The molecule has 0 aliphatic rings. The molecule has 1 N–H and O–H groups in total. The number of carbonyl (C=O) groups excluding carboxylic acids is 1. The Bertz CT molecular complexity index is 267. The molecule has 0 fully saturated rings. The van der Waals surface area contributed by atoms with Gasteiger partial charge in [-0.05, 0) is 6.42 Å². The first-order valence-electron chi connectivity index (χ1n) is 6.37. The van der Waals surface area contributed by atoms with E-state index in [9.17, 15) is 14.5 Å². The van der Waals surface area contributed by atoms with Crippen molar-refractivity contribution in [2.24, 2.45) is 11.3 Å². The Labute approximate surface area is 107 Å². The standard InChI is InChI=1S/C12H21NO5/c1-2-3-4-5-6-7-8-10(9-11(14)15)12(16)18-13-17/h10H,2-9H2,1H3,(H,14,15). The van der Waals surface area contributed by atoms with E-state index in [0.717, 1.165) is 25.7 Å². The molecule has 6 heteroatoms. The van der Waals surface area contributed by atoms with Gasteiger partial charge in [0.1, 0.15) is 0 Å². The predicted octanol–water partition coefficient (Wildman–Crippen LogP) is 3.05. The zero-order chi connectivity index (χ0) is 13.8. The van der Waals surface area contributed by atoms with Gasteiger partial charge >= 0.3 is 11.9 Å². The molecule has 0 heterocycles. The van der Waals surface area contributed by atoms with Gasteiger partial charge in [-0.25, -0.2) is 4.79 Å². The highest BCUT2D eigenvalue weighted by atomic mass is 16.7. The average molecular weight is 259 g/mol. The van der Waals surface area contributed by atoms with Crippen LogP contribution in [0, 0.1) is 10.8 Å². The van der Waals surface area contributed by atoms with E-state index in [-0.39, 0.29) is 6.42 Å². The van der Waals surface area contributed by atoms with E-state index in [1.165, 1.54) is 12.8 Å². The molecule has 6 nitrogen and oxygen atoms in total. The van der Waals surface area contributed by atoms with Crippen molar-refractivity contribution in [3.05, 3.63) is 4.91 Å². The van der Waals surface area contributed by atoms with Gasteiger partial charge in [-0.2, -0.15) is 0 Å². The topological polar surface area (TPSA) is 93.0 Å². The quantitative estimate of drug-likeness (QED) is 0.349. The number of hydrogen-bond donors (Lipinski definition) is 1. The third-order valence-corrected chi connectivity index (χ3v) is 2.79. The summed E-state index contributed by atoms with van der Waals surface area (Å²) in [7, 11) is 0. The van der Waals surface area contributed by atoms with Crippen molar-refractivity contribution in [1.82, 2.24) is 0 Å². The Morgan fingerprint density at radius 2 is 1.78 bits per heavy atom. The van der Waals surface area contributed by atoms with Crippen molar-refractivity contribution in [3.8, 4) is 0 Å². The van der Waals surface area contributed by atoms with Gasteiger partial charge in [0.2, 0.25) is 0 Å². The fraction of sp³-hybridized carbons (Fsp3) is 0.833. The van der Waals surface area contributed by atoms with Crippen LogP contribution in [0.1, 0.15) is 58.3 Å². The number of carboxylic acid groups (broad SMARTS) is 1. The Balaban J connectivity index is 3.89. The largest absolute Gasteiger partial charge is 0.481 e. The lowest BCUT2D eigenvalue weighted by Crippen LogP contribution is -2.19. The van der Waals surface area contributed by atoms with E-state index in [4.69, 9.17) is 5.11 Å². The molecule has 0 aliphatic carbocycles. The first-order chi connectivity index (χ1) is 8.61. The molecule has 0 saturated heterocycles. The summed E-state index contributed by atoms with van der Waals surface area (Å²) in [5, 5.41) is 10.7. The fourth-order valence-electron chi connectivity index (χ4n) is 1.80. The molecular weight excluding hydrogens is 238 g/mol. The highest BCUT2D eigenvalue weighted by molar-refractivity contribution is 5.78. The summed E-state index contributed by atoms with van der Waals surface area (Å²) >= 11 is 0. The Morgan fingerprint density at radius 3 is 2.33 bits per heavy atom. The van der Waals surface area contributed by atoms with Crippen molar-refractivity contribution in [1.29, 1.82) is 0 Å². The normalized spacial score (nSPS) is 11.8. The Hall–Kier alpha value is -1.46. The highest BCUT2D eigenvalue weighted by Gasteiger charge is 2.23. The van der Waals surface area contributed by atoms with Gasteiger partial charge in [-0.1, -0.05) is 45.4 Å². The van der Waals surface area contributed by atoms with Crippen LogP contribution in [0.5, 0.6) is 0 Å². The zero-order valence-electron chi connectivity index (χ0n) is 10.8. The van der Waals surface area contributed by atoms with Crippen LogP contribution in [0.15, 0.2) is 5.34 Å². The SMILES string of the molecule is CCCCCCCCC(CC(=O)O)C(=O)ON=O. The van der Waals surface area contributed by atoms with E-state index in [1.54, 1.807) is 0 Å². The van der Waals surface area contributed by atoms with E-state index < -0.39 is 17.9 Å². The zero-order valence-corrected chi connectivity index (χ0v) is 10.8. The second-order valence-electron chi connectivity index (χ2n) is 4.34. The van der Waals surface area contributed by atoms with E-state index in [1.807, 2.05) is 5.34 Å². The van der Waals surface area contributed by atoms with Crippen molar-refractivity contribution < 1.29 is 19.5 Å². The van der Waals surface area contributed by atoms with Gasteiger partial charge in [0.25, 0.3) is 0 Å². The van der Waals surface area contributed by atoms with Gasteiger partial charge in [-0.3, -0.25) is 9.63 Å². The molecule has 0 aromatic carbocycles. The van der Waals surface area contributed by atoms with Crippen molar-refractivity contribution in [3.63, 3.8) is 0 Å². The molecule has 18 heavy (non-hydrogen) atoms. The van der Waals surface area contributed by atoms with Gasteiger partial charge in [-0.15, -0.1) is 4.91 Å². The van der Waals surface area contributed by atoms with Crippen LogP contribution >= 0.6 is 0 Å².